The highest BCUT2D eigenvalue weighted by atomic mass is 14.2. The summed E-state index contributed by atoms with van der Waals surface area (Å²) < 4.78 is 0. The first-order valence-corrected chi connectivity index (χ1v) is 6.93. The van der Waals surface area contributed by atoms with Gasteiger partial charge in [0.05, 0.1) is 0 Å². The van der Waals surface area contributed by atoms with Gasteiger partial charge >= 0.3 is 0 Å². The molecule has 0 aromatic carbocycles. The van der Waals surface area contributed by atoms with Crippen LogP contribution < -0.4 is 0 Å². The predicted octanol–water partition coefficient (Wildman–Crippen LogP) is 5.75. The molecule has 0 saturated carbocycles. The molecule has 0 nitrogen and oxygen atoms in total. The van der Waals surface area contributed by atoms with Gasteiger partial charge in [0.1, 0.15) is 0 Å². The quantitative estimate of drug-likeness (QED) is 0.481. The first-order valence-electron chi connectivity index (χ1n) is 6.93. The minimum atomic E-state index is 0.679. The van der Waals surface area contributed by atoms with E-state index in [1.807, 2.05) is 0 Å². The summed E-state index contributed by atoms with van der Waals surface area (Å²) in [5, 5.41) is 0. The van der Waals surface area contributed by atoms with Crippen LogP contribution in [-0.4, -0.2) is 0 Å². The molecule has 0 heteroatoms. The summed E-state index contributed by atoms with van der Waals surface area (Å²) in [5.41, 5.74) is 3.34. The van der Waals surface area contributed by atoms with Crippen LogP contribution >= 0.6 is 0 Å². The highest BCUT2D eigenvalue weighted by Gasteiger charge is 2.18. The monoisotopic (exact) mass is 222 g/mol. The summed E-state index contributed by atoms with van der Waals surface area (Å²) in [6, 6.07) is 0. The third-order valence-electron chi connectivity index (χ3n) is 3.62. The molecule has 16 heavy (non-hydrogen) atoms. The molecular weight excluding hydrogens is 192 g/mol. The fourth-order valence-corrected chi connectivity index (χ4v) is 2.58. The molecule has 0 radical (unpaired) electrons. The van der Waals surface area contributed by atoms with Gasteiger partial charge in [-0.15, -0.1) is 0 Å². The fraction of sp³-hybridized carbons (Fsp3) is 0.750. The molecule has 2 atom stereocenters. The van der Waals surface area contributed by atoms with Crippen LogP contribution in [0, 0.1) is 11.8 Å². The zero-order chi connectivity index (χ0) is 12.6. The molecule has 0 aliphatic carbocycles. The molecule has 0 heterocycles. The van der Waals surface area contributed by atoms with Gasteiger partial charge in [-0.05, 0) is 44.9 Å². The Bertz CT molecular complexity index is 232. The lowest BCUT2D eigenvalue weighted by molar-refractivity contribution is 0.450. The Kier molecular flexibility index (Phi) is 8.33. The molecule has 0 bridgehead atoms. The van der Waals surface area contributed by atoms with Gasteiger partial charge in [0.25, 0.3) is 0 Å². The van der Waals surface area contributed by atoms with Crippen LogP contribution in [0.15, 0.2) is 23.3 Å². The maximum atomic E-state index is 2.35. The van der Waals surface area contributed by atoms with Gasteiger partial charge in [-0.1, -0.05) is 57.4 Å². The lowest BCUT2D eigenvalue weighted by Gasteiger charge is -2.25. The molecule has 0 rings (SSSR count). The van der Waals surface area contributed by atoms with E-state index in [-0.39, 0.29) is 0 Å². The van der Waals surface area contributed by atoms with E-state index in [1.165, 1.54) is 25.7 Å². The van der Waals surface area contributed by atoms with Crippen molar-refractivity contribution in [3.8, 4) is 0 Å². The molecule has 0 N–H and O–H groups in total. The molecule has 0 spiro atoms. The minimum Gasteiger partial charge on any atom is -0.0914 e. The second kappa shape index (κ2) is 8.61. The van der Waals surface area contributed by atoms with Crippen LogP contribution in [0.4, 0.5) is 0 Å². The molecule has 0 amide bonds. The van der Waals surface area contributed by atoms with Crippen molar-refractivity contribution in [2.45, 2.75) is 67.2 Å². The average molecular weight is 222 g/mol. The van der Waals surface area contributed by atoms with Gasteiger partial charge in [0.15, 0.2) is 0 Å². The van der Waals surface area contributed by atoms with Crippen molar-refractivity contribution in [2.75, 3.05) is 0 Å². The van der Waals surface area contributed by atoms with E-state index >= 15 is 0 Å². The molecule has 94 valence electrons. The average Bonchev–Trinajstić information content (AvgIpc) is 2.28. The summed E-state index contributed by atoms with van der Waals surface area (Å²) in [6.07, 6.45) is 9.56. The Morgan fingerprint density at radius 2 is 1.81 bits per heavy atom. The summed E-state index contributed by atoms with van der Waals surface area (Å²) in [7, 11) is 0. The van der Waals surface area contributed by atoms with Crippen LogP contribution in [0.1, 0.15) is 67.2 Å². The number of allylic oxidation sites excluding steroid dienone is 4. The first kappa shape index (κ1) is 15.5. The molecule has 0 saturated heterocycles. The second-order valence-electron chi connectivity index (χ2n) is 4.81. The summed E-state index contributed by atoms with van der Waals surface area (Å²) in [4.78, 5) is 0. The molecule has 0 fully saturated rings. The zero-order valence-corrected chi connectivity index (χ0v) is 12.1. The van der Waals surface area contributed by atoms with E-state index in [0.29, 0.717) is 5.92 Å². The van der Waals surface area contributed by atoms with Crippen LogP contribution in [0.2, 0.25) is 0 Å². The predicted molar refractivity (Wildman–Crippen MR) is 75.7 cm³/mol. The third kappa shape index (κ3) is 4.55. The van der Waals surface area contributed by atoms with Crippen molar-refractivity contribution < 1.29 is 0 Å². The molecule has 0 aliphatic rings. The maximum absolute atomic E-state index is 2.35. The van der Waals surface area contributed by atoms with Crippen LogP contribution in [0.25, 0.3) is 0 Å². The molecular formula is C16H30. The molecule has 0 aromatic heterocycles. The highest BCUT2D eigenvalue weighted by molar-refractivity contribution is 5.17. The Morgan fingerprint density at radius 1 is 1.19 bits per heavy atom. The van der Waals surface area contributed by atoms with Crippen LogP contribution in [0.3, 0.4) is 0 Å². The van der Waals surface area contributed by atoms with Crippen molar-refractivity contribution in [1.29, 1.82) is 0 Å². The Morgan fingerprint density at radius 3 is 2.19 bits per heavy atom. The summed E-state index contributed by atoms with van der Waals surface area (Å²) >= 11 is 0. The van der Waals surface area contributed by atoms with Gasteiger partial charge in [0.2, 0.25) is 0 Å². The van der Waals surface area contributed by atoms with E-state index in [0.717, 1.165) is 5.92 Å². The third-order valence-corrected chi connectivity index (χ3v) is 3.62. The van der Waals surface area contributed by atoms with Gasteiger partial charge in [-0.2, -0.15) is 0 Å². The lowest BCUT2D eigenvalue weighted by Crippen LogP contribution is -2.13. The van der Waals surface area contributed by atoms with Crippen molar-refractivity contribution >= 4 is 0 Å². The SMILES string of the molecule is C/C=C\C(C)C(CC)/C(CCC)=C(/C)CC. The zero-order valence-electron chi connectivity index (χ0n) is 12.1. The fourth-order valence-electron chi connectivity index (χ4n) is 2.58. The van der Waals surface area contributed by atoms with Crippen molar-refractivity contribution in [3.05, 3.63) is 23.3 Å². The minimum absolute atomic E-state index is 0.679. The van der Waals surface area contributed by atoms with Crippen molar-refractivity contribution in [3.63, 3.8) is 0 Å². The smallest absolute Gasteiger partial charge is 0.0143 e. The van der Waals surface area contributed by atoms with Gasteiger partial charge in [-0.25, -0.2) is 0 Å². The van der Waals surface area contributed by atoms with Crippen molar-refractivity contribution in [2.24, 2.45) is 11.8 Å². The highest BCUT2D eigenvalue weighted by Crippen LogP contribution is 2.31. The van der Waals surface area contributed by atoms with Crippen molar-refractivity contribution in [1.82, 2.24) is 0 Å². The summed E-state index contributed by atoms with van der Waals surface area (Å²) in [5.74, 6) is 1.43. The first-order chi connectivity index (χ1) is 7.62. The molecule has 0 aromatic rings. The number of rotatable bonds is 7. The molecule has 0 aliphatic heterocycles. The van der Waals surface area contributed by atoms with Crippen LogP contribution in [0.5, 0.6) is 0 Å². The van der Waals surface area contributed by atoms with E-state index in [9.17, 15) is 0 Å². The topological polar surface area (TPSA) is 0 Å². The maximum Gasteiger partial charge on any atom is -0.0143 e. The van der Waals surface area contributed by atoms with Gasteiger partial charge in [-0.3, -0.25) is 0 Å². The van der Waals surface area contributed by atoms with Gasteiger partial charge < -0.3 is 0 Å². The van der Waals surface area contributed by atoms with E-state index in [4.69, 9.17) is 0 Å². The Hall–Kier alpha value is -0.520. The Balaban J connectivity index is 4.99. The molecule has 2 unspecified atom stereocenters. The number of hydrogen-bond acceptors (Lipinski definition) is 0. The van der Waals surface area contributed by atoms with E-state index in [2.05, 4.69) is 53.7 Å². The second-order valence-corrected chi connectivity index (χ2v) is 4.81. The number of hydrogen-bond donors (Lipinski definition) is 0. The van der Waals surface area contributed by atoms with E-state index < -0.39 is 0 Å². The Labute approximate surface area is 103 Å². The largest absolute Gasteiger partial charge is 0.0914 e. The van der Waals surface area contributed by atoms with Gasteiger partial charge in [0, 0.05) is 0 Å². The van der Waals surface area contributed by atoms with Crippen LogP contribution in [-0.2, 0) is 0 Å². The normalized spacial score (nSPS) is 17.4. The summed E-state index contributed by atoms with van der Waals surface area (Å²) in [6.45, 7) is 13.7. The van der Waals surface area contributed by atoms with E-state index in [1.54, 1.807) is 11.1 Å². The lowest BCUT2D eigenvalue weighted by atomic mass is 9.80. The standard InChI is InChI=1S/C16H30/c1-7-11-14(6)15(10-4)16(12-8-2)13(5)9-3/h7,11,14-15H,8-10,12H2,1-6H3/b11-7-,16-13-.